The third kappa shape index (κ3) is 4.20. The maximum atomic E-state index is 12.9. The first-order chi connectivity index (χ1) is 11.5. The summed E-state index contributed by atoms with van der Waals surface area (Å²) in [5, 5.41) is -0.362. The van der Waals surface area contributed by atoms with Crippen LogP contribution >= 0.6 is 0 Å². The Morgan fingerprint density at radius 1 is 1.16 bits per heavy atom. The lowest BCUT2D eigenvalue weighted by molar-refractivity contribution is -0.138. The Labute approximate surface area is 141 Å². The molecule has 1 heterocycles. The Morgan fingerprint density at radius 2 is 1.80 bits per heavy atom. The predicted molar refractivity (Wildman–Crippen MR) is 80.1 cm³/mol. The van der Waals surface area contributed by atoms with Crippen molar-refractivity contribution in [3.05, 3.63) is 53.3 Å². The molecule has 0 bridgehead atoms. The molecule has 0 aliphatic rings. The molecule has 1 aromatic heterocycles. The number of alkyl halides is 3. The Hall–Kier alpha value is -2.33. The molecular weight excluding hydrogens is 363 g/mol. The minimum Gasteiger partial charge on any atom is -0.454 e. The smallest absolute Gasteiger partial charge is 0.417 e. The summed E-state index contributed by atoms with van der Waals surface area (Å²) >= 11 is 0. The maximum Gasteiger partial charge on any atom is 0.417 e. The van der Waals surface area contributed by atoms with E-state index in [1.165, 1.54) is 32.3 Å². The van der Waals surface area contributed by atoms with Gasteiger partial charge in [-0.1, -0.05) is 12.1 Å². The number of sulfonamides is 1. The van der Waals surface area contributed by atoms with Gasteiger partial charge >= 0.3 is 12.1 Å². The first kappa shape index (κ1) is 19.0. The lowest BCUT2D eigenvalue weighted by Gasteiger charge is -2.11. The number of furan rings is 1. The van der Waals surface area contributed by atoms with Crippen molar-refractivity contribution in [3.8, 4) is 0 Å². The molecule has 1 aromatic carbocycles. The van der Waals surface area contributed by atoms with E-state index in [0.717, 1.165) is 22.5 Å². The molecule has 25 heavy (non-hydrogen) atoms. The lowest BCUT2D eigenvalue weighted by atomic mass is 10.1. The predicted octanol–water partition coefficient (Wildman–Crippen LogP) is 2.91. The van der Waals surface area contributed by atoms with Gasteiger partial charge in [-0.3, -0.25) is 0 Å². The summed E-state index contributed by atoms with van der Waals surface area (Å²) < 4.78 is 73.2. The van der Waals surface area contributed by atoms with Gasteiger partial charge in [-0.15, -0.1) is 0 Å². The molecule has 2 aromatic rings. The Morgan fingerprint density at radius 3 is 2.40 bits per heavy atom. The van der Waals surface area contributed by atoms with Gasteiger partial charge in [0.1, 0.15) is 12.4 Å². The highest BCUT2D eigenvalue weighted by Crippen LogP contribution is 2.32. The van der Waals surface area contributed by atoms with Crippen molar-refractivity contribution >= 4 is 16.0 Å². The molecule has 6 nitrogen and oxygen atoms in total. The number of carbonyl (C=O) groups excluding carboxylic acids is 1. The van der Waals surface area contributed by atoms with E-state index < -0.39 is 39.9 Å². The van der Waals surface area contributed by atoms with Crippen LogP contribution < -0.4 is 0 Å². The van der Waals surface area contributed by atoms with Gasteiger partial charge in [-0.25, -0.2) is 17.5 Å². The van der Waals surface area contributed by atoms with E-state index in [2.05, 4.69) is 0 Å². The average molecular weight is 377 g/mol. The Kier molecular flexibility index (Phi) is 5.23. The van der Waals surface area contributed by atoms with E-state index in [0.29, 0.717) is 0 Å². The number of halogens is 3. The van der Waals surface area contributed by atoms with Crippen molar-refractivity contribution < 1.29 is 35.5 Å². The molecule has 0 saturated carbocycles. The largest absolute Gasteiger partial charge is 0.454 e. The number of benzene rings is 1. The van der Waals surface area contributed by atoms with Gasteiger partial charge in [-0.05, 0) is 24.3 Å². The van der Waals surface area contributed by atoms with E-state index in [1.807, 2.05) is 0 Å². The number of nitrogens with zero attached hydrogens (tertiary/aromatic N) is 1. The third-order valence-corrected chi connectivity index (χ3v) is 4.86. The van der Waals surface area contributed by atoms with E-state index in [-0.39, 0.29) is 10.9 Å². The second kappa shape index (κ2) is 6.89. The summed E-state index contributed by atoms with van der Waals surface area (Å²) in [7, 11) is -1.17. The first-order valence-corrected chi connectivity index (χ1v) is 8.32. The molecular formula is C15H14F3NO5S. The van der Waals surface area contributed by atoms with E-state index in [1.54, 1.807) is 0 Å². The number of carbonyl (C=O) groups is 1. The van der Waals surface area contributed by atoms with Crippen LogP contribution in [-0.4, -0.2) is 32.8 Å². The second-order valence-electron chi connectivity index (χ2n) is 5.13. The molecule has 0 aliphatic heterocycles. The Balaban J connectivity index is 2.14. The van der Waals surface area contributed by atoms with Gasteiger partial charge < -0.3 is 9.15 Å². The normalized spacial score (nSPS) is 12.4. The molecule has 0 unspecified atom stereocenters. The number of esters is 1. The number of ether oxygens (including phenoxy) is 1. The fourth-order valence-corrected chi connectivity index (χ4v) is 2.69. The molecule has 2 rings (SSSR count). The van der Waals surface area contributed by atoms with E-state index >= 15 is 0 Å². The van der Waals surface area contributed by atoms with Crippen molar-refractivity contribution in [1.29, 1.82) is 0 Å². The van der Waals surface area contributed by atoms with Crippen molar-refractivity contribution in [3.63, 3.8) is 0 Å². The zero-order valence-electron chi connectivity index (χ0n) is 13.2. The fourth-order valence-electron chi connectivity index (χ4n) is 1.88. The number of hydrogen-bond acceptors (Lipinski definition) is 5. The summed E-state index contributed by atoms with van der Waals surface area (Å²) in [5.41, 5.74) is -1.75. The molecule has 0 aliphatic carbocycles. The summed E-state index contributed by atoms with van der Waals surface area (Å²) in [6.45, 7) is -0.506. The van der Waals surface area contributed by atoms with Crippen LogP contribution in [0.15, 0.2) is 45.9 Å². The summed E-state index contributed by atoms with van der Waals surface area (Å²) in [6.07, 6.45) is -4.70. The molecule has 0 radical (unpaired) electrons. The lowest BCUT2D eigenvalue weighted by Crippen LogP contribution is -2.21. The van der Waals surface area contributed by atoms with Crippen LogP contribution in [0.3, 0.4) is 0 Å². The number of hydrogen-bond donors (Lipinski definition) is 0. The van der Waals surface area contributed by atoms with Gasteiger partial charge in [0.25, 0.3) is 10.0 Å². The topological polar surface area (TPSA) is 76.8 Å². The molecule has 136 valence electrons. The Bertz CT molecular complexity index is 871. The standard InChI is InChI=1S/C15H14F3NO5S/c1-19(2)25(21,22)13-8-7-10(24-13)9-23-14(20)11-5-3-4-6-12(11)15(16,17)18/h3-8H,9H2,1-2H3. The minimum atomic E-state index is -4.70. The SMILES string of the molecule is CN(C)S(=O)(=O)c1ccc(COC(=O)c2ccccc2C(F)(F)F)o1. The van der Waals surface area contributed by atoms with Crippen LogP contribution in [0.25, 0.3) is 0 Å². The first-order valence-electron chi connectivity index (χ1n) is 6.88. The van der Waals surface area contributed by atoms with E-state index in [4.69, 9.17) is 9.15 Å². The quantitative estimate of drug-likeness (QED) is 0.749. The number of rotatable bonds is 5. The molecule has 10 heteroatoms. The maximum absolute atomic E-state index is 12.9. The van der Waals surface area contributed by atoms with Crippen molar-refractivity contribution in [2.24, 2.45) is 0 Å². The molecule has 0 saturated heterocycles. The molecule has 0 amide bonds. The monoisotopic (exact) mass is 377 g/mol. The van der Waals surface area contributed by atoms with E-state index in [9.17, 15) is 26.4 Å². The average Bonchev–Trinajstić information content (AvgIpc) is 3.01. The van der Waals surface area contributed by atoms with Crippen LogP contribution in [0.1, 0.15) is 21.7 Å². The minimum absolute atomic E-state index is 0.0155. The van der Waals surface area contributed by atoms with Crippen LogP contribution in [0.4, 0.5) is 13.2 Å². The third-order valence-electron chi connectivity index (χ3n) is 3.17. The van der Waals surface area contributed by atoms with Gasteiger partial charge in [0.05, 0.1) is 11.1 Å². The zero-order valence-corrected chi connectivity index (χ0v) is 14.0. The molecule has 0 fully saturated rings. The molecule has 0 atom stereocenters. The fraction of sp³-hybridized carbons (Fsp3) is 0.267. The summed E-state index contributed by atoms with van der Waals surface area (Å²) in [5.74, 6) is -1.21. The second-order valence-corrected chi connectivity index (χ2v) is 7.21. The zero-order chi connectivity index (χ0) is 18.8. The summed E-state index contributed by atoms with van der Waals surface area (Å²) in [6, 6.07) is 6.63. The van der Waals surface area contributed by atoms with Gasteiger partial charge in [0, 0.05) is 14.1 Å². The van der Waals surface area contributed by atoms with Crippen LogP contribution in [0.2, 0.25) is 0 Å². The molecule has 0 N–H and O–H groups in total. The van der Waals surface area contributed by atoms with Crippen LogP contribution in [-0.2, 0) is 27.5 Å². The van der Waals surface area contributed by atoms with Crippen LogP contribution in [0.5, 0.6) is 0 Å². The van der Waals surface area contributed by atoms with Gasteiger partial charge in [0.15, 0.2) is 0 Å². The highest BCUT2D eigenvalue weighted by Gasteiger charge is 2.35. The van der Waals surface area contributed by atoms with Crippen molar-refractivity contribution in [1.82, 2.24) is 4.31 Å². The van der Waals surface area contributed by atoms with Gasteiger partial charge in [0.2, 0.25) is 5.09 Å². The highest BCUT2D eigenvalue weighted by molar-refractivity contribution is 7.88. The van der Waals surface area contributed by atoms with Crippen LogP contribution in [0, 0.1) is 0 Å². The van der Waals surface area contributed by atoms with Gasteiger partial charge in [-0.2, -0.15) is 13.2 Å². The highest BCUT2D eigenvalue weighted by atomic mass is 32.2. The summed E-state index contributed by atoms with van der Waals surface area (Å²) in [4.78, 5) is 11.9. The molecule has 0 spiro atoms. The van der Waals surface area contributed by atoms with Crippen molar-refractivity contribution in [2.45, 2.75) is 17.9 Å². The van der Waals surface area contributed by atoms with Crippen molar-refractivity contribution in [2.75, 3.05) is 14.1 Å².